The smallest absolute Gasteiger partial charge is 0.133 e. The van der Waals surface area contributed by atoms with Crippen LogP contribution in [0, 0.1) is 11.6 Å². The Kier molecular flexibility index (Phi) is 9.96. The van der Waals surface area contributed by atoms with Gasteiger partial charge < -0.3 is 0 Å². The third kappa shape index (κ3) is 6.68. The predicted octanol–water partition coefficient (Wildman–Crippen LogP) is 21.8. The maximum Gasteiger partial charge on any atom is 0.133 e. The van der Waals surface area contributed by atoms with E-state index in [1.54, 1.807) is 6.07 Å². The van der Waals surface area contributed by atoms with Gasteiger partial charge in [0, 0.05) is 33.4 Å². The van der Waals surface area contributed by atoms with E-state index in [0.29, 0.717) is 5.56 Å². The molecule has 13 aromatic carbocycles. The molecule has 0 amide bonds. The van der Waals surface area contributed by atoms with Crippen molar-refractivity contribution in [3.05, 3.63) is 276 Å². The highest BCUT2D eigenvalue weighted by Crippen LogP contribution is 2.56. The van der Waals surface area contributed by atoms with E-state index in [4.69, 9.17) is 0 Å². The Balaban J connectivity index is 0.759. The lowest BCUT2D eigenvalue weighted by molar-refractivity contribution is 0.586. The maximum absolute atomic E-state index is 15.7. The molecule has 0 aromatic heterocycles. The lowest BCUT2D eigenvalue weighted by Gasteiger charge is -2.24. The fraction of sp³-hybridized carbons (Fsp3) is 0.114. The highest BCUT2D eigenvalue weighted by molar-refractivity contribution is 6.23. The molecular formula is C79H56F2. The molecule has 0 spiro atoms. The molecule has 0 unspecified atom stereocenters. The summed E-state index contributed by atoms with van der Waals surface area (Å²) in [5.74, 6) is -1.16. The molecule has 0 radical (unpaired) electrons. The van der Waals surface area contributed by atoms with Crippen molar-refractivity contribution in [3.8, 4) is 89.0 Å². The van der Waals surface area contributed by atoms with Gasteiger partial charge in [-0.05, 0) is 197 Å². The van der Waals surface area contributed by atoms with Crippen molar-refractivity contribution in [2.45, 2.75) is 57.8 Å². The molecule has 2 heteroatoms. The van der Waals surface area contributed by atoms with Gasteiger partial charge in [-0.1, -0.05) is 224 Å². The number of fused-ring (bicyclic) bond motifs is 13. The largest absolute Gasteiger partial charge is 0.207 e. The monoisotopic (exact) mass is 1040 g/mol. The number of rotatable bonds is 5. The molecule has 0 saturated heterocycles. The first kappa shape index (κ1) is 47.7. The molecule has 0 aliphatic heterocycles. The van der Waals surface area contributed by atoms with E-state index in [9.17, 15) is 4.39 Å². The summed E-state index contributed by atoms with van der Waals surface area (Å²) in [6.45, 7) is 14.3. The number of halogens is 2. The Morgan fingerprint density at radius 1 is 0.222 bits per heavy atom. The molecule has 386 valence electrons. The lowest BCUT2D eigenvalue weighted by atomic mass is 9.79. The second-order valence-electron chi connectivity index (χ2n) is 24.5. The Morgan fingerprint density at radius 3 is 0.827 bits per heavy atom. The Labute approximate surface area is 471 Å². The van der Waals surface area contributed by atoms with Gasteiger partial charge in [-0.2, -0.15) is 0 Å². The van der Waals surface area contributed by atoms with Crippen molar-refractivity contribution in [1.29, 1.82) is 0 Å². The van der Waals surface area contributed by atoms with Crippen LogP contribution in [0.15, 0.2) is 231 Å². The first-order valence-corrected chi connectivity index (χ1v) is 28.4. The van der Waals surface area contributed by atoms with Gasteiger partial charge in [0.05, 0.1) is 0 Å². The van der Waals surface area contributed by atoms with E-state index in [2.05, 4.69) is 242 Å². The second-order valence-corrected chi connectivity index (χ2v) is 24.5. The van der Waals surface area contributed by atoms with Gasteiger partial charge in [-0.3, -0.25) is 0 Å². The summed E-state index contributed by atoms with van der Waals surface area (Å²) in [5, 5.41) is 8.98. The molecular weight excluding hydrogens is 987 g/mol. The highest BCUT2D eigenvalue weighted by atomic mass is 19.1. The lowest BCUT2D eigenvalue weighted by Crippen LogP contribution is -2.15. The topological polar surface area (TPSA) is 0 Å². The van der Waals surface area contributed by atoms with Crippen LogP contribution in [0.5, 0.6) is 0 Å². The van der Waals surface area contributed by atoms with Gasteiger partial charge in [0.25, 0.3) is 0 Å². The molecule has 81 heavy (non-hydrogen) atoms. The Morgan fingerprint density at radius 2 is 0.481 bits per heavy atom. The number of benzene rings is 13. The summed E-state index contributed by atoms with van der Waals surface area (Å²) >= 11 is 0. The summed E-state index contributed by atoms with van der Waals surface area (Å²) < 4.78 is 29.9. The molecule has 0 atom stereocenters. The van der Waals surface area contributed by atoms with Gasteiger partial charge in [-0.25, -0.2) is 8.78 Å². The molecule has 0 N–H and O–H groups in total. The second kappa shape index (κ2) is 16.9. The zero-order valence-electron chi connectivity index (χ0n) is 46.2. The van der Waals surface area contributed by atoms with Crippen molar-refractivity contribution in [2.24, 2.45) is 0 Å². The Bertz CT molecular complexity index is 4810. The van der Waals surface area contributed by atoms with E-state index >= 15 is 4.39 Å². The molecule has 3 aliphatic carbocycles. The van der Waals surface area contributed by atoms with Gasteiger partial charge >= 0.3 is 0 Å². The van der Waals surface area contributed by atoms with E-state index < -0.39 is 11.6 Å². The van der Waals surface area contributed by atoms with Gasteiger partial charge in [0.1, 0.15) is 11.6 Å². The first-order valence-electron chi connectivity index (χ1n) is 28.4. The average molecular weight is 1040 g/mol. The van der Waals surface area contributed by atoms with Crippen LogP contribution < -0.4 is 0 Å². The Hall–Kier alpha value is -9.24. The van der Waals surface area contributed by atoms with Gasteiger partial charge in [0.15, 0.2) is 0 Å². The third-order valence-corrected chi connectivity index (χ3v) is 19.2. The van der Waals surface area contributed by atoms with E-state index in [-0.39, 0.29) is 16.2 Å². The SMILES string of the molecule is CC1(C)c2ccccc2-c2ccc(-c3c4ccccc4c(-c4ccc5c(c4)C(C)(C)c4cc(-c6ccc7c(c6)C(C)(C)c6cc(-c8c9ccccc9c(-c9ccc(F)cc9F)c9ccccc89)ccc6-7)ccc4-5)c4ccccc34)cc21. The summed E-state index contributed by atoms with van der Waals surface area (Å²) in [5.41, 5.74) is 26.1. The normalized spacial score (nSPS) is 14.7. The van der Waals surface area contributed by atoms with Crippen molar-refractivity contribution in [1.82, 2.24) is 0 Å². The van der Waals surface area contributed by atoms with Crippen molar-refractivity contribution in [3.63, 3.8) is 0 Å². The van der Waals surface area contributed by atoms with Crippen LogP contribution in [0.1, 0.15) is 74.9 Å². The fourth-order valence-electron chi connectivity index (χ4n) is 15.2. The molecule has 13 aromatic rings. The molecule has 0 nitrogen and oxygen atoms in total. The minimum atomic E-state index is -0.587. The molecule has 0 saturated carbocycles. The highest BCUT2D eigenvalue weighted by Gasteiger charge is 2.39. The predicted molar refractivity (Wildman–Crippen MR) is 336 cm³/mol. The van der Waals surface area contributed by atoms with Crippen LogP contribution in [0.2, 0.25) is 0 Å². The molecule has 16 rings (SSSR count). The molecule has 0 heterocycles. The van der Waals surface area contributed by atoms with E-state index in [1.165, 1.54) is 128 Å². The van der Waals surface area contributed by atoms with Crippen molar-refractivity contribution < 1.29 is 8.78 Å². The minimum absolute atomic E-state index is 0.0936. The third-order valence-electron chi connectivity index (χ3n) is 19.2. The van der Waals surface area contributed by atoms with E-state index in [1.807, 2.05) is 12.1 Å². The average Bonchev–Trinajstić information content (AvgIpc) is 4.21. The molecule has 0 fully saturated rings. The summed E-state index contributed by atoms with van der Waals surface area (Å²) in [6.07, 6.45) is 0. The van der Waals surface area contributed by atoms with Crippen molar-refractivity contribution in [2.75, 3.05) is 0 Å². The fourth-order valence-corrected chi connectivity index (χ4v) is 15.2. The minimum Gasteiger partial charge on any atom is -0.207 e. The van der Waals surface area contributed by atoms with Gasteiger partial charge in [0.2, 0.25) is 0 Å². The van der Waals surface area contributed by atoms with Gasteiger partial charge in [-0.15, -0.1) is 0 Å². The van der Waals surface area contributed by atoms with Crippen LogP contribution in [-0.2, 0) is 16.2 Å². The van der Waals surface area contributed by atoms with Crippen LogP contribution in [0.25, 0.3) is 132 Å². The standard InChI is InChI=1S/C79H56F2/c1-77(2)66-26-16-15-17-51(66)52-35-29-47(41-69(52)77)73-57-18-7-9-20-59(57)74(60-21-10-8-19-58(60)73)48-30-36-55-53-33-27-45(39-67(53)78(3,4)70(55)42-48)46-28-34-54-56-37-31-49(43-71(56)79(5,6)68(54)40-46)75-61-22-11-13-24-63(61)76(64-25-14-12-23-62(64)75)65-38-32-50(80)44-72(65)81/h7-44H,1-6H3. The zero-order valence-corrected chi connectivity index (χ0v) is 46.2. The van der Waals surface area contributed by atoms with Crippen molar-refractivity contribution >= 4 is 43.1 Å². The molecule has 3 aliphatic rings. The molecule has 0 bridgehead atoms. The summed E-state index contributed by atoms with van der Waals surface area (Å²) in [7, 11) is 0. The summed E-state index contributed by atoms with van der Waals surface area (Å²) in [6, 6.07) is 83.0. The maximum atomic E-state index is 15.7. The van der Waals surface area contributed by atoms with Crippen LogP contribution in [0.4, 0.5) is 8.78 Å². The van der Waals surface area contributed by atoms with Crippen LogP contribution in [0.3, 0.4) is 0 Å². The number of hydrogen-bond donors (Lipinski definition) is 0. The summed E-state index contributed by atoms with van der Waals surface area (Å²) in [4.78, 5) is 0. The zero-order chi connectivity index (χ0) is 54.8. The van der Waals surface area contributed by atoms with E-state index in [0.717, 1.165) is 44.3 Å². The van der Waals surface area contributed by atoms with Crippen LogP contribution in [-0.4, -0.2) is 0 Å². The first-order chi connectivity index (χ1) is 39.3. The van der Waals surface area contributed by atoms with Crippen LogP contribution >= 0.6 is 0 Å². The quantitative estimate of drug-likeness (QED) is 0.151. The number of hydrogen-bond acceptors (Lipinski definition) is 0.